The number of rotatable bonds is 4. The molecule has 4 heteroatoms. The van der Waals surface area contributed by atoms with Crippen molar-refractivity contribution in [2.24, 2.45) is 0 Å². The average Bonchev–Trinajstić information content (AvgIpc) is 3.13. The fraction of sp³-hybridized carbons (Fsp3) is 0.533. The van der Waals surface area contributed by atoms with Crippen LogP contribution in [0.1, 0.15) is 32.3 Å². The summed E-state index contributed by atoms with van der Waals surface area (Å²) >= 11 is 0. The van der Waals surface area contributed by atoms with Crippen LogP contribution in [-0.2, 0) is 9.47 Å². The molecule has 4 nitrogen and oxygen atoms in total. The van der Waals surface area contributed by atoms with Gasteiger partial charge in [0.15, 0.2) is 0 Å². The fourth-order valence-electron chi connectivity index (χ4n) is 1.96. The summed E-state index contributed by atoms with van der Waals surface area (Å²) in [4.78, 5) is 11.7. The highest BCUT2D eigenvalue weighted by atomic mass is 16.6. The van der Waals surface area contributed by atoms with Crippen molar-refractivity contribution in [1.82, 2.24) is 5.32 Å². The zero-order valence-corrected chi connectivity index (χ0v) is 11.7. The van der Waals surface area contributed by atoms with Crippen LogP contribution in [0.4, 0.5) is 4.79 Å². The van der Waals surface area contributed by atoms with Crippen molar-refractivity contribution >= 4 is 6.09 Å². The molecule has 1 N–H and O–H groups in total. The number of carbonyl (C=O) groups excluding carboxylic acids is 1. The number of hydrogen-bond donors (Lipinski definition) is 1. The maximum absolute atomic E-state index is 11.7. The Hall–Kier alpha value is -1.55. The molecule has 1 amide bonds. The summed E-state index contributed by atoms with van der Waals surface area (Å²) in [5.41, 5.74) is 0.712. The number of carbonyl (C=O) groups is 1. The number of epoxide rings is 1. The van der Waals surface area contributed by atoms with E-state index >= 15 is 0 Å². The molecule has 0 bridgehead atoms. The first kappa shape index (κ1) is 13.9. The van der Waals surface area contributed by atoms with E-state index in [1.807, 2.05) is 39.0 Å². The first-order valence-corrected chi connectivity index (χ1v) is 6.59. The Balaban J connectivity index is 1.90. The second-order valence-electron chi connectivity index (χ2n) is 5.77. The van der Waals surface area contributed by atoms with Crippen molar-refractivity contribution in [2.45, 2.75) is 38.4 Å². The summed E-state index contributed by atoms with van der Waals surface area (Å²) in [6.45, 7) is 6.85. The summed E-state index contributed by atoms with van der Waals surface area (Å²) in [6.07, 6.45) is -0.175. The molecule has 104 valence electrons. The molecule has 2 atom stereocenters. The summed E-state index contributed by atoms with van der Waals surface area (Å²) in [6, 6.07) is 10.1. The van der Waals surface area contributed by atoms with E-state index in [9.17, 15) is 4.79 Å². The van der Waals surface area contributed by atoms with Crippen molar-refractivity contribution in [3.05, 3.63) is 35.9 Å². The van der Waals surface area contributed by atoms with Gasteiger partial charge in [-0.1, -0.05) is 30.3 Å². The van der Waals surface area contributed by atoms with E-state index < -0.39 is 5.60 Å². The van der Waals surface area contributed by atoms with Gasteiger partial charge in [0.1, 0.15) is 5.60 Å². The van der Waals surface area contributed by atoms with Crippen molar-refractivity contribution < 1.29 is 14.3 Å². The van der Waals surface area contributed by atoms with E-state index in [1.165, 1.54) is 5.56 Å². The predicted molar refractivity (Wildman–Crippen MR) is 73.2 cm³/mol. The molecule has 1 fully saturated rings. The molecule has 1 unspecified atom stereocenters. The van der Waals surface area contributed by atoms with Gasteiger partial charge in [0.25, 0.3) is 0 Å². The van der Waals surface area contributed by atoms with Crippen LogP contribution in [0.3, 0.4) is 0 Å². The van der Waals surface area contributed by atoms with E-state index in [0.717, 1.165) is 6.61 Å². The van der Waals surface area contributed by atoms with Gasteiger partial charge in [0, 0.05) is 12.5 Å². The number of alkyl carbamates (subject to hydrolysis) is 1. The highest BCUT2D eigenvalue weighted by Crippen LogP contribution is 2.29. The van der Waals surface area contributed by atoms with E-state index in [4.69, 9.17) is 9.47 Å². The standard InChI is InChI=1S/C15H21NO3/c1-15(2,3)19-14(17)16-9-12(13-10-18-13)11-7-5-4-6-8-11/h4-8,12-13H,9-10H2,1-3H3,(H,16,17)/t12-,13?/m1/s1. The average molecular weight is 263 g/mol. The molecule has 0 radical (unpaired) electrons. The lowest BCUT2D eigenvalue weighted by Gasteiger charge is -2.21. The van der Waals surface area contributed by atoms with Gasteiger partial charge in [-0.05, 0) is 26.3 Å². The number of amides is 1. The van der Waals surface area contributed by atoms with Crippen LogP contribution in [0.25, 0.3) is 0 Å². The third-order valence-electron chi connectivity index (χ3n) is 2.90. The van der Waals surface area contributed by atoms with Gasteiger partial charge in [0.05, 0.1) is 12.7 Å². The summed E-state index contributed by atoms with van der Waals surface area (Å²) in [5.74, 6) is 0.189. The topological polar surface area (TPSA) is 50.9 Å². The first-order valence-electron chi connectivity index (χ1n) is 6.59. The highest BCUT2D eigenvalue weighted by molar-refractivity contribution is 5.67. The molecule has 0 spiro atoms. The monoisotopic (exact) mass is 263 g/mol. The predicted octanol–water partition coefficient (Wildman–Crippen LogP) is 2.69. The lowest BCUT2D eigenvalue weighted by atomic mass is 9.96. The normalized spacial score (nSPS) is 19.6. The molecule has 1 heterocycles. The van der Waals surface area contributed by atoms with Gasteiger partial charge in [0.2, 0.25) is 0 Å². The number of benzene rings is 1. The Morgan fingerprint density at radius 2 is 2.05 bits per heavy atom. The third kappa shape index (κ3) is 4.56. The van der Waals surface area contributed by atoms with Crippen molar-refractivity contribution in [3.63, 3.8) is 0 Å². The Morgan fingerprint density at radius 1 is 1.42 bits per heavy atom. The lowest BCUT2D eigenvalue weighted by molar-refractivity contribution is 0.0523. The molecule has 1 aromatic carbocycles. The molecule has 19 heavy (non-hydrogen) atoms. The SMILES string of the molecule is CC(C)(C)OC(=O)NC[C@H](c1ccccc1)C1CO1. The van der Waals surface area contributed by atoms with Gasteiger partial charge in [-0.3, -0.25) is 0 Å². The maximum atomic E-state index is 11.7. The smallest absolute Gasteiger partial charge is 0.407 e. The van der Waals surface area contributed by atoms with Gasteiger partial charge in [-0.2, -0.15) is 0 Å². The van der Waals surface area contributed by atoms with E-state index in [2.05, 4.69) is 17.4 Å². The van der Waals surface area contributed by atoms with Gasteiger partial charge < -0.3 is 14.8 Å². The quantitative estimate of drug-likeness (QED) is 0.850. The molecular formula is C15H21NO3. The van der Waals surface area contributed by atoms with Gasteiger partial charge in [-0.15, -0.1) is 0 Å². The number of nitrogens with one attached hydrogen (secondary N) is 1. The minimum absolute atomic E-state index is 0.189. The minimum Gasteiger partial charge on any atom is -0.444 e. The summed E-state index contributed by atoms with van der Waals surface area (Å²) in [5, 5.41) is 2.82. The molecular weight excluding hydrogens is 242 g/mol. The van der Waals surface area contributed by atoms with Crippen LogP contribution in [-0.4, -0.2) is 30.9 Å². The van der Waals surface area contributed by atoms with Crippen molar-refractivity contribution in [1.29, 1.82) is 0 Å². The molecule has 1 aliphatic heterocycles. The van der Waals surface area contributed by atoms with Crippen LogP contribution in [0.2, 0.25) is 0 Å². The van der Waals surface area contributed by atoms with Crippen molar-refractivity contribution in [3.8, 4) is 0 Å². The molecule has 0 aromatic heterocycles. The largest absolute Gasteiger partial charge is 0.444 e. The summed E-state index contributed by atoms with van der Waals surface area (Å²) < 4.78 is 10.6. The first-order chi connectivity index (χ1) is 8.96. The summed E-state index contributed by atoms with van der Waals surface area (Å²) in [7, 11) is 0. The van der Waals surface area contributed by atoms with Gasteiger partial charge >= 0.3 is 6.09 Å². The Kier molecular flexibility index (Phi) is 4.10. The van der Waals surface area contributed by atoms with Crippen LogP contribution in [0.5, 0.6) is 0 Å². The molecule has 1 aromatic rings. The molecule has 1 aliphatic rings. The molecule has 1 saturated heterocycles. The molecule has 0 saturated carbocycles. The van der Waals surface area contributed by atoms with Crippen LogP contribution in [0, 0.1) is 0 Å². The van der Waals surface area contributed by atoms with Crippen molar-refractivity contribution in [2.75, 3.05) is 13.2 Å². The van der Waals surface area contributed by atoms with Gasteiger partial charge in [-0.25, -0.2) is 4.79 Å². The molecule has 2 rings (SSSR count). The number of ether oxygens (including phenoxy) is 2. The van der Waals surface area contributed by atoms with Crippen LogP contribution >= 0.6 is 0 Å². The second-order valence-corrected chi connectivity index (χ2v) is 5.77. The zero-order chi connectivity index (χ0) is 13.9. The van der Waals surface area contributed by atoms with E-state index in [-0.39, 0.29) is 18.1 Å². The Morgan fingerprint density at radius 3 is 2.58 bits per heavy atom. The Bertz CT molecular complexity index is 421. The molecule has 0 aliphatic carbocycles. The van der Waals surface area contributed by atoms with Crippen LogP contribution < -0.4 is 5.32 Å². The Labute approximate surface area is 114 Å². The second kappa shape index (κ2) is 5.61. The highest BCUT2D eigenvalue weighted by Gasteiger charge is 2.34. The number of hydrogen-bond acceptors (Lipinski definition) is 3. The van der Waals surface area contributed by atoms with Crippen LogP contribution in [0.15, 0.2) is 30.3 Å². The zero-order valence-electron chi connectivity index (χ0n) is 11.7. The minimum atomic E-state index is -0.470. The maximum Gasteiger partial charge on any atom is 0.407 e. The third-order valence-corrected chi connectivity index (χ3v) is 2.90. The van der Waals surface area contributed by atoms with E-state index in [0.29, 0.717) is 6.54 Å². The van der Waals surface area contributed by atoms with E-state index in [1.54, 1.807) is 0 Å². The fourth-order valence-corrected chi connectivity index (χ4v) is 1.96. The lowest BCUT2D eigenvalue weighted by Crippen LogP contribution is -2.35.